The quantitative estimate of drug-likeness (QED) is 0.0571. The second-order valence-corrected chi connectivity index (χ2v) is 12.7. The van der Waals surface area contributed by atoms with E-state index in [1.807, 2.05) is 12.1 Å². The minimum absolute atomic E-state index is 0.124. The lowest BCUT2D eigenvalue weighted by Crippen LogP contribution is -2.44. The van der Waals surface area contributed by atoms with Gasteiger partial charge >= 0.3 is 0 Å². The maximum absolute atomic E-state index is 13.0. The van der Waals surface area contributed by atoms with E-state index in [1.165, 1.54) is 12.1 Å². The lowest BCUT2D eigenvalue weighted by atomic mass is 9.94. The number of unbranched alkanes of at least 4 members (excludes halogenated alkanes) is 9. The highest BCUT2D eigenvalue weighted by molar-refractivity contribution is 5.98. The molecule has 0 aliphatic heterocycles. The van der Waals surface area contributed by atoms with Gasteiger partial charge < -0.3 is 10.2 Å². The van der Waals surface area contributed by atoms with E-state index in [-0.39, 0.29) is 46.8 Å². The van der Waals surface area contributed by atoms with Crippen molar-refractivity contribution >= 4 is 23.6 Å². The van der Waals surface area contributed by atoms with Gasteiger partial charge in [0.25, 0.3) is 11.8 Å². The van der Waals surface area contributed by atoms with Crippen LogP contribution in [-0.4, -0.2) is 33.8 Å². The van der Waals surface area contributed by atoms with Crippen molar-refractivity contribution in [2.24, 2.45) is 5.92 Å². The van der Waals surface area contributed by atoms with Crippen molar-refractivity contribution in [2.75, 3.05) is 0 Å². The smallest absolute Gasteiger partial charge is 0.273 e. The number of hydrazine groups is 2. The summed E-state index contributed by atoms with van der Waals surface area (Å²) in [5, 5.41) is 20.4. The van der Waals surface area contributed by atoms with Gasteiger partial charge in [0.2, 0.25) is 11.8 Å². The van der Waals surface area contributed by atoms with Crippen LogP contribution >= 0.6 is 0 Å². The number of nitrogens with one attached hydrogen (secondary N) is 4. The van der Waals surface area contributed by atoms with Gasteiger partial charge in [0.05, 0.1) is 11.1 Å². The summed E-state index contributed by atoms with van der Waals surface area (Å²) in [6, 6.07) is 9.99. The van der Waals surface area contributed by atoms with Gasteiger partial charge in [0.1, 0.15) is 11.5 Å². The largest absolute Gasteiger partial charge is 0.507 e. The molecular formula is C38H58N4O6. The highest BCUT2D eigenvalue weighted by atomic mass is 16.3. The summed E-state index contributed by atoms with van der Waals surface area (Å²) in [5.41, 5.74) is 12.0. The summed E-state index contributed by atoms with van der Waals surface area (Å²) >= 11 is 0. The third kappa shape index (κ3) is 15.2. The minimum atomic E-state index is -0.571. The molecular weight excluding hydrogens is 608 g/mol. The summed E-state index contributed by atoms with van der Waals surface area (Å²) in [6.45, 7) is 6.36. The summed E-state index contributed by atoms with van der Waals surface area (Å²) in [5.74, 6) is -2.32. The number of aromatic hydroxyl groups is 2. The van der Waals surface area contributed by atoms with Crippen LogP contribution in [0.5, 0.6) is 11.5 Å². The Kier molecular flexibility index (Phi) is 19.4. The molecule has 0 saturated carbocycles. The van der Waals surface area contributed by atoms with Gasteiger partial charge in [0, 0.05) is 12.3 Å². The summed E-state index contributed by atoms with van der Waals surface area (Å²) in [7, 11) is 0. The van der Waals surface area contributed by atoms with Crippen molar-refractivity contribution in [3.63, 3.8) is 0 Å². The molecule has 266 valence electrons. The zero-order chi connectivity index (χ0) is 35.1. The molecule has 1 atom stereocenters. The van der Waals surface area contributed by atoms with Crippen LogP contribution in [0.2, 0.25) is 0 Å². The first kappa shape index (κ1) is 40.1. The summed E-state index contributed by atoms with van der Waals surface area (Å²) in [4.78, 5) is 50.8. The monoisotopic (exact) mass is 666 g/mol. The van der Waals surface area contributed by atoms with E-state index < -0.39 is 11.8 Å². The molecule has 2 aromatic carbocycles. The zero-order valence-corrected chi connectivity index (χ0v) is 29.3. The first-order valence-corrected chi connectivity index (χ1v) is 18.0. The van der Waals surface area contributed by atoms with Crippen molar-refractivity contribution in [3.8, 4) is 11.5 Å². The van der Waals surface area contributed by atoms with E-state index in [2.05, 4.69) is 42.5 Å². The van der Waals surface area contributed by atoms with Crippen LogP contribution in [0, 0.1) is 5.92 Å². The lowest BCUT2D eigenvalue weighted by molar-refractivity contribution is -0.126. The molecule has 48 heavy (non-hydrogen) atoms. The van der Waals surface area contributed by atoms with Gasteiger partial charge in [-0.15, -0.1) is 0 Å². The van der Waals surface area contributed by atoms with Crippen molar-refractivity contribution in [1.29, 1.82) is 0 Å². The fourth-order valence-electron chi connectivity index (χ4n) is 5.61. The molecule has 0 aliphatic carbocycles. The minimum Gasteiger partial charge on any atom is -0.507 e. The number of carbonyl (C=O) groups excluding carboxylic acids is 4. The normalized spacial score (nSPS) is 11.5. The van der Waals surface area contributed by atoms with Crippen LogP contribution in [0.25, 0.3) is 0 Å². The third-order valence-electron chi connectivity index (χ3n) is 8.60. The number of amides is 4. The van der Waals surface area contributed by atoms with Crippen molar-refractivity contribution < 1.29 is 29.4 Å². The average Bonchev–Trinajstić information content (AvgIpc) is 3.08. The molecule has 0 aliphatic rings. The Bertz CT molecular complexity index is 1300. The van der Waals surface area contributed by atoms with E-state index in [4.69, 9.17) is 0 Å². The van der Waals surface area contributed by atoms with Gasteiger partial charge in [0.15, 0.2) is 0 Å². The highest BCUT2D eigenvalue weighted by Gasteiger charge is 2.20. The number of phenols is 2. The Morgan fingerprint density at radius 3 is 1.56 bits per heavy atom. The van der Waals surface area contributed by atoms with E-state index in [0.717, 1.165) is 94.6 Å². The molecule has 0 heterocycles. The van der Waals surface area contributed by atoms with Crippen LogP contribution in [0.4, 0.5) is 0 Å². The Balaban J connectivity index is 1.75. The number of carbonyl (C=O) groups is 4. The van der Waals surface area contributed by atoms with E-state index >= 15 is 0 Å². The van der Waals surface area contributed by atoms with Gasteiger partial charge in [-0.3, -0.25) is 40.9 Å². The average molecular weight is 667 g/mol. The molecule has 2 rings (SSSR count). The summed E-state index contributed by atoms with van der Waals surface area (Å²) in [6.07, 6.45) is 15.8. The predicted octanol–water partition coefficient (Wildman–Crippen LogP) is 7.32. The molecule has 4 amide bonds. The molecule has 10 nitrogen and oxygen atoms in total. The van der Waals surface area contributed by atoms with Crippen LogP contribution < -0.4 is 21.7 Å². The fourth-order valence-corrected chi connectivity index (χ4v) is 5.61. The molecule has 0 fully saturated rings. The Hall–Kier alpha value is -4.08. The van der Waals surface area contributed by atoms with Gasteiger partial charge in [-0.25, -0.2) is 0 Å². The number of benzene rings is 2. The third-order valence-corrected chi connectivity index (χ3v) is 8.60. The van der Waals surface area contributed by atoms with Crippen molar-refractivity contribution in [1.82, 2.24) is 21.7 Å². The Morgan fingerprint density at radius 1 is 0.562 bits per heavy atom. The second-order valence-electron chi connectivity index (χ2n) is 12.7. The standard InChI is InChI=1S/C38H58N4O6/c1-4-7-10-13-17-28-22-24-33(43)31(26-28)37(47)41-39-35(45)21-16-12-15-20-30(19-9-6-3)36(46)40-42-38(48)32-27-29(23-25-34(32)44)18-14-11-8-5-2/h22-27,30,43-44H,4-21H2,1-3H3,(H,39,45)(H,40,46)(H,41,47)(H,42,48). The molecule has 0 aromatic heterocycles. The van der Waals surface area contributed by atoms with E-state index in [0.29, 0.717) is 25.7 Å². The molecule has 0 radical (unpaired) electrons. The molecule has 0 bridgehead atoms. The van der Waals surface area contributed by atoms with E-state index in [9.17, 15) is 29.4 Å². The topological polar surface area (TPSA) is 157 Å². The lowest BCUT2D eigenvalue weighted by Gasteiger charge is -2.17. The SMILES string of the molecule is CCCCCCc1ccc(O)c(C(=O)NNC(=O)CCCCCC(CCCC)C(=O)NNC(=O)c2cc(CCCCCC)ccc2O)c1. The van der Waals surface area contributed by atoms with Crippen LogP contribution in [-0.2, 0) is 22.4 Å². The molecule has 0 saturated heterocycles. The highest BCUT2D eigenvalue weighted by Crippen LogP contribution is 2.22. The Morgan fingerprint density at radius 2 is 1.04 bits per heavy atom. The second kappa shape index (κ2) is 23.3. The van der Waals surface area contributed by atoms with Crippen LogP contribution in [0.1, 0.15) is 155 Å². The van der Waals surface area contributed by atoms with Crippen molar-refractivity contribution in [3.05, 3.63) is 58.7 Å². The van der Waals surface area contributed by atoms with Gasteiger partial charge in [-0.05, 0) is 80.3 Å². The molecule has 0 spiro atoms. The predicted molar refractivity (Wildman–Crippen MR) is 189 cm³/mol. The number of rotatable bonds is 22. The van der Waals surface area contributed by atoms with Crippen LogP contribution in [0.15, 0.2) is 36.4 Å². The zero-order valence-electron chi connectivity index (χ0n) is 29.3. The van der Waals surface area contributed by atoms with Gasteiger partial charge in [-0.2, -0.15) is 0 Å². The number of phenolic OH excluding ortho intramolecular Hbond substituents is 2. The number of hydrogen-bond donors (Lipinski definition) is 6. The molecule has 1 unspecified atom stereocenters. The maximum Gasteiger partial charge on any atom is 0.273 e. The number of hydrogen-bond acceptors (Lipinski definition) is 6. The first-order chi connectivity index (χ1) is 23.2. The molecule has 2 aromatic rings. The maximum atomic E-state index is 13.0. The fraction of sp³-hybridized carbons (Fsp3) is 0.579. The van der Waals surface area contributed by atoms with Crippen LogP contribution in [0.3, 0.4) is 0 Å². The first-order valence-electron chi connectivity index (χ1n) is 18.0. The molecule has 10 heteroatoms. The summed E-state index contributed by atoms with van der Waals surface area (Å²) < 4.78 is 0. The number of aryl methyl sites for hydroxylation is 2. The Labute approximate surface area is 286 Å². The van der Waals surface area contributed by atoms with Crippen molar-refractivity contribution in [2.45, 2.75) is 136 Å². The van der Waals surface area contributed by atoms with Gasteiger partial charge in [-0.1, -0.05) is 97.1 Å². The van der Waals surface area contributed by atoms with E-state index in [1.54, 1.807) is 12.1 Å². The molecule has 6 N–H and O–H groups in total.